The number of nitrogens with zero attached hydrogens (tertiary/aromatic N) is 4. The van der Waals surface area contributed by atoms with Crippen LogP contribution in [0.5, 0.6) is 17.2 Å². The van der Waals surface area contributed by atoms with Gasteiger partial charge in [0.1, 0.15) is 18.1 Å². The van der Waals surface area contributed by atoms with Crippen molar-refractivity contribution in [3.63, 3.8) is 0 Å². The van der Waals surface area contributed by atoms with Crippen LogP contribution in [0.4, 0.5) is 0 Å². The highest BCUT2D eigenvalue weighted by atomic mass is 16.5. The molecule has 3 aromatic rings. The maximum atomic E-state index is 13.2. The van der Waals surface area contributed by atoms with Gasteiger partial charge in [-0.05, 0) is 61.8 Å². The van der Waals surface area contributed by atoms with E-state index in [4.69, 9.17) is 18.9 Å². The maximum Gasteiger partial charge on any atom is 0.197 e. The second-order valence-corrected chi connectivity index (χ2v) is 10.7. The topological polar surface area (TPSA) is 87.9 Å². The van der Waals surface area contributed by atoms with Crippen LogP contribution in [0.15, 0.2) is 54.4 Å². The molecule has 2 bridgehead atoms. The van der Waals surface area contributed by atoms with Crippen molar-refractivity contribution in [1.82, 2.24) is 19.9 Å². The molecule has 0 spiro atoms. The third-order valence-electron chi connectivity index (χ3n) is 8.64. The van der Waals surface area contributed by atoms with Gasteiger partial charge in [-0.2, -0.15) is 0 Å². The number of hydrogen-bond acceptors (Lipinski definition) is 8. The lowest BCUT2D eigenvalue weighted by Gasteiger charge is -2.56. The van der Waals surface area contributed by atoms with Gasteiger partial charge in [-0.1, -0.05) is 23.4 Å². The Labute approximate surface area is 228 Å². The Balaban J connectivity index is 1.31. The van der Waals surface area contributed by atoms with E-state index in [1.807, 2.05) is 36.5 Å². The minimum Gasteiger partial charge on any atom is -0.497 e. The first-order chi connectivity index (χ1) is 19.0. The molecule has 0 saturated carbocycles. The summed E-state index contributed by atoms with van der Waals surface area (Å²) >= 11 is 0. The van der Waals surface area contributed by atoms with Crippen molar-refractivity contribution in [2.24, 2.45) is 5.92 Å². The Morgan fingerprint density at radius 2 is 1.87 bits per heavy atom. The van der Waals surface area contributed by atoms with Crippen molar-refractivity contribution in [2.75, 3.05) is 34.9 Å². The number of likely N-dealkylation sites (N-methyl/N-ethyl adjacent to an activating group) is 1. The predicted molar refractivity (Wildman–Crippen MR) is 144 cm³/mol. The first-order valence-corrected chi connectivity index (χ1v) is 13.3. The summed E-state index contributed by atoms with van der Waals surface area (Å²) < 4.78 is 24.8. The number of aromatic nitrogens is 3. The van der Waals surface area contributed by atoms with Crippen molar-refractivity contribution in [3.05, 3.63) is 76.8 Å². The van der Waals surface area contributed by atoms with Gasteiger partial charge in [0.05, 0.1) is 34.1 Å². The van der Waals surface area contributed by atoms with E-state index >= 15 is 0 Å². The quantitative estimate of drug-likeness (QED) is 0.437. The normalized spacial score (nSPS) is 23.9. The molecule has 0 N–H and O–H groups in total. The lowest BCUT2D eigenvalue weighted by molar-refractivity contribution is -0.122. The third kappa shape index (κ3) is 4.34. The molecule has 1 saturated heterocycles. The largest absolute Gasteiger partial charge is 0.497 e. The molecular weight excluding hydrogens is 496 g/mol. The van der Waals surface area contributed by atoms with E-state index in [1.54, 1.807) is 26.0 Å². The summed E-state index contributed by atoms with van der Waals surface area (Å²) in [4.78, 5) is 15.6. The molecule has 0 unspecified atom stereocenters. The fourth-order valence-electron chi connectivity index (χ4n) is 6.70. The molecule has 39 heavy (non-hydrogen) atoms. The lowest BCUT2D eigenvalue weighted by Crippen LogP contribution is -2.60. The zero-order valence-corrected chi connectivity index (χ0v) is 22.8. The molecule has 9 nitrogen and oxygen atoms in total. The minimum absolute atomic E-state index is 0.0418. The van der Waals surface area contributed by atoms with Gasteiger partial charge in [-0.25, -0.2) is 4.68 Å². The molecule has 204 valence electrons. The third-order valence-corrected chi connectivity index (χ3v) is 8.64. The van der Waals surface area contributed by atoms with Crippen molar-refractivity contribution in [2.45, 2.75) is 43.9 Å². The molecular formula is C30H34N4O5. The summed E-state index contributed by atoms with van der Waals surface area (Å²) in [7, 11) is 7.07. The van der Waals surface area contributed by atoms with E-state index in [2.05, 4.69) is 34.4 Å². The molecule has 9 heteroatoms. The van der Waals surface area contributed by atoms with Gasteiger partial charge >= 0.3 is 0 Å². The van der Waals surface area contributed by atoms with Crippen LogP contribution in [0.25, 0.3) is 0 Å². The highest BCUT2D eigenvalue weighted by molar-refractivity contribution is 5.96. The van der Waals surface area contributed by atoms with Gasteiger partial charge < -0.3 is 23.8 Å². The van der Waals surface area contributed by atoms with Gasteiger partial charge in [0.25, 0.3) is 0 Å². The number of piperidine rings is 1. The second kappa shape index (κ2) is 10.0. The molecule has 1 aliphatic heterocycles. The number of Topliss-reactive ketones (excluding diaryl/α,β-unsaturated/α-hetero) is 1. The zero-order valence-electron chi connectivity index (χ0n) is 22.8. The van der Waals surface area contributed by atoms with Crippen LogP contribution < -0.4 is 14.2 Å². The standard InChI is InChI=1S/C30H34N4O5/c1-33-12-11-30-15-25(35)27(38-4)14-23(30)24(33)13-20-7-10-26(37-3)29(28(20)30)39-18-21-17-34(32-31-21)16-19-5-8-22(36-2)9-6-19/h5-10,14,17,23-24H,11-13,15-16,18H2,1-4H3/t23-,24+,30-/m1/s1. The van der Waals surface area contributed by atoms with Crippen LogP contribution >= 0.6 is 0 Å². The number of fused-ring (bicyclic) bond motifs is 1. The number of benzene rings is 2. The van der Waals surface area contributed by atoms with Gasteiger partial charge in [-0.15, -0.1) is 5.10 Å². The van der Waals surface area contributed by atoms with Crippen LogP contribution in [0, 0.1) is 5.92 Å². The lowest BCUT2D eigenvalue weighted by atomic mass is 9.53. The Kier molecular flexibility index (Phi) is 6.54. The van der Waals surface area contributed by atoms with Crippen LogP contribution in [0.2, 0.25) is 0 Å². The number of ether oxygens (including phenoxy) is 4. The van der Waals surface area contributed by atoms with Crippen molar-refractivity contribution in [1.29, 1.82) is 0 Å². The molecule has 3 atom stereocenters. The summed E-state index contributed by atoms with van der Waals surface area (Å²) in [5, 5.41) is 8.65. The Bertz CT molecular complexity index is 1420. The fraction of sp³-hybridized carbons (Fsp3) is 0.433. The SMILES string of the molecule is COC1=C[C@@H]2[C@@H]3Cc4ccc(OC)c(OCc5cn(Cc6ccc(OC)cc6)nn5)c4[C@]2(CCN3C)CC1=O. The summed E-state index contributed by atoms with van der Waals surface area (Å²) in [6.45, 7) is 1.75. The van der Waals surface area contributed by atoms with E-state index in [0.717, 1.165) is 42.0 Å². The number of rotatable bonds is 8. The van der Waals surface area contributed by atoms with Crippen molar-refractivity contribution in [3.8, 4) is 17.2 Å². The monoisotopic (exact) mass is 530 g/mol. The minimum atomic E-state index is -0.361. The highest BCUT2D eigenvalue weighted by Crippen LogP contribution is 2.58. The van der Waals surface area contributed by atoms with E-state index in [0.29, 0.717) is 36.3 Å². The van der Waals surface area contributed by atoms with E-state index in [-0.39, 0.29) is 23.7 Å². The number of carbonyl (C=O) groups is 1. The maximum absolute atomic E-state index is 13.2. The fourth-order valence-corrected chi connectivity index (χ4v) is 6.70. The van der Waals surface area contributed by atoms with Gasteiger partial charge in [0.15, 0.2) is 23.0 Å². The molecule has 6 rings (SSSR count). The molecule has 2 heterocycles. The number of hydrogen-bond donors (Lipinski definition) is 0. The summed E-state index contributed by atoms with van der Waals surface area (Å²) in [5.41, 5.74) is 3.76. The molecule has 3 aliphatic rings. The summed E-state index contributed by atoms with van der Waals surface area (Å²) in [5.74, 6) is 2.85. The molecule has 0 radical (unpaired) electrons. The average Bonchev–Trinajstić information content (AvgIpc) is 3.40. The molecule has 0 amide bonds. The Morgan fingerprint density at radius 1 is 1.05 bits per heavy atom. The first kappa shape index (κ1) is 25.4. The van der Waals surface area contributed by atoms with Gasteiger partial charge in [-0.3, -0.25) is 4.79 Å². The van der Waals surface area contributed by atoms with E-state index in [1.165, 1.54) is 5.56 Å². The first-order valence-electron chi connectivity index (χ1n) is 13.3. The van der Waals surface area contributed by atoms with Crippen LogP contribution in [0.3, 0.4) is 0 Å². The van der Waals surface area contributed by atoms with Crippen molar-refractivity contribution < 1.29 is 23.7 Å². The number of likely N-dealkylation sites (tertiary alicyclic amines) is 1. The number of methoxy groups -OCH3 is 3. The molecule has 2 aliphatic carbocycles. The smallest absolute Gasteiger partial charge is 0.197 e. The summed E-state index contributed by atoms with van der Waals surface area (Å²) in [6.07, 6.45) is 6.09. The van der Waals surface area contributed by atoms with Crippen LogP contribution in [-0.4, -0.2) is 66.6 Å². The van der Waals surface area contributed by atoms with E-state index < -0.39 is 0 Å². The number of allylic oxidation sites excluding steroid dienone is 1. The Morgan fingerprint density at radius 3 is 2.62 bits per heavy atom. The Hall–Kier alpha value is -3.85. The van der Waals surface area contributed by atoms with E-state index in [9.17, 15) is 4.79 Å². The number of ketones is 1. The zero-order chi connectivity index (χ0) is 27.1. The molecule has 1 fully saturated rings. The van der Waals surface area contributed by atoms with Gasteiger partial charge in [0, 0.05) is 29.4 Å². The van der Waals surface area contributed by atoms with Crippen LogP contribution in [0.1, 0.15) is 35.2 Å². The second-order valence-electron chi connectivity index (χ2n) is 10.7. The number of carbonyl (C=O) groups excluding carboxylic acids is 1. The van der Waals surface area contributed by atoms with Gasteiger partial charge in [0.2, 0.25) is 0 Å². The average molecular weight is 531 g/mol. The molecule has 1 aromatic heterocycles. The summed E-state index contributed by atoms with van der Waals surface area (Å²) in [6, 6.07) is 12.3. The van der Waals surface area contributed by atoms with Crippen molar-refractivity contribution >= 4 is 5.78 Å². The molecule has 2 aromatic carbocycles. The van der Waals surface area contributed by atoms with Crippen LogP contribution in [-0.2, 0) is 34.5 Å². The highest BCUT2D eigenvalue weighted by Gasteiger charge is 2.56. The predicted octanol–water partition coefficient (Wildman–Crippen LogP) is 3.54.